The van der Waals surface area contributed by atoms with Crippen LogP contribution in [0.2, 0.25) is 10.0 Å². The molecule has 15 heavy (non-hydrogen) atoms. The first kappa shape index (κ1) is 12.6. The Kier molecular flexibility index (Phi) is 5.23. The summed E-state index contributed by atoms with van der Waals surface area (Å²) < 4.78 is 0. The Morgan fingerprint density at radius 2 is 2.00 bits per heavy atom. The Morgan fingerprint density at radius 3 is 2.60 bits per heavy atom. The number of carbonyl (C=O) groups is 1. The first-order valence-electron chi connectivity index (χ1n) is 4.40. The standard InChI is InChI=1S/C10H10Cl3NO/c11-4-3-10(15)14-6-7-1-2-8(12)9(13)5-7/h1-2,5H,3-4,6H2,(H,14,15). The lowest BCUT2D eigenvalue weighted by Crippen LogP contribution is -2.22. The van der Waals surface area contributed by atoms with Gasteiger partial charge in [0.15, 0.2) is 0 Å². The molecule has 0 bridgehead atoms. The SMILES string of the molecule is O=C(CCCl)NCc1ccc(Cl)c(Cl)c1. The maximum absolute atomic E-state index is 11.1. The second-order valence-corrected chi connectivity index (χ2v) is 4.16. The number of benzene rings is 1. The molecule has 0 saturated heterocycles. The molecule has 0 aromatic heterocycles. The molecular formula is C10H10Cl3NO. The van der Waals surface area contributed by atoms with Crippen molar-refractivity contribution in [3.8, 4) is 0 Å². The van der Waals surface area contributed by atoms with E-state index in [1.54, 1.807) is 12.1 Å². The average Bonchev–Trinajstić information content (AvgIpc) is 2.20. The maximum Gasteiger partial charge on any atom is 0.221 e. The molecule has 2 nitrogen and oxygen atoms in total. The van der Waals surface area contributed by atoms with Gasteiger partial charge in [-0.1, -0.05) is 29.3 Å². The van der Waals surface area contributed by atoms with Crippen LogP contribution >= 0.6 is 34.8 Å². The van der Waals surface area contributed by atoms with E-state index in [4.69, 9.17) is 34.8 Å². The Hall–Kier alpha value is -0.440. The van der Waals surface area contributed by atoms with E-state index < -0.39 is 0 Å². The quantitative estimate of drug-likeness (QED) is 0.833. The van der Waals surface area contributed by atoms with Gasteiger partial charge in [0.1, 0.15) is 0 Å². The third kappa shape index (κ3) is 4.29. The molecule has 0 heterocycles. The van der Waals surface area contributed by atoms with Crippen molar-refractivity contribution in [2.75, 3.05) is 5.88 Å². The number of alkyl halides is 1. The minimum atomic E-state index is -0.0731. The van der Waals surface area contributed by atoms with Crippen LogP contribution in [0.4, 0.5) is 0 Å². The van der Waals surface area contributed by atoms with Gasteiger partial charge in [-0.25, -0.2) is 0 Å². The zero-order valence-electron chi connectivity index (χ0n) is 7.90. The van der Waals surface area contributed by atoms with Gasteiger partial charge in [-0.2, -0.15) is 0 Å². The fraction of sp³-hybridized carbons (Fsp3) is 0.300. The highest BCUT2D eigenvalue weighted by atomic mass is 35.5. The van der Waals surface area contributed by atoms with Crippen LogP contribution in [0.1, 0.15) is 12.0 Å². The number of hydrogen-bond acceptors (Lipinski definition) is 1. The molecule has 0 aliphatic carbocycles. The van der Waals surface area contributed by atoms with E-state index in [1.165, 1.54) is 0 Å². The molecule has 1 N–H and O–H groups in total. The number of halogens is 3. The maximum atomic E-state index is 11.1. The van der Waals surface area contributed by atoms with Crippen molar-refractivity contribution < 1.29 is 4.79 Å². The molecule has 0 saturated carbocycles. The second kappa shape index (κ2) is 6.21. The largest absolute Gasteiger partial charge is 0.352 e. The van der Waals surface area contributed by atoms with Crippen LogP contribution in [-0.4, -0.2) is 11.8 Å². The minimum absolute atomic E-state index is 0.0731. The van der Waals surface area contributed by atoms with E-state index in [0.717, 1.165) is 5.56 Å². The van der Waals surface area contributed by atoms with Crippen molar-refractivity contribution >= 4 is 40.7 Å². The van der Waals surface area contributed by atoms with Crippen molar-refractivity contribution in [2.45, 2.75) is 13.0 Å². The molecule has 82 valence electrons. The van der Waals surface area contributed by atoms with Crippen LogP contribution in [0.5, 0.6) is 0 Å². The molecule has 0 aliphatic heterocycles. The van der Waals surface area contributed by atoms with Crippen LogP contribution in [-0.2, 0) is 11.3 Å². The van der Waals surface area contributed by atoms with Crippen molar-refractivity contribution in [3.63, 3.8) is 0 Å². The van der Waals surface area contributed by atoms with Gasteiger partial charge in [0.25, 0.3) is 0 Å². The van der Waals surface area contributed by atoms with Crippen LogP contribution < -0.4 is 5.32 Å². The third-order valence-corrected chi connectivity index (χ3v) is 2.72. The van der Waals surface area contributed by atoms with Gasteiger partial charge in [-0.05, 0) is 17.7 Å². The molecule has 0 atom stereocenters. The molecule has 5 heteroatoms. The molecule has 0 fully saturated rings. The molecule has 1 amide bonds. The highest BCUT2D eigenvalue weighted by molar-refractivity contribution is 6.42. The predicted octanol–water partition coefficient (Wildman–Crippen LogP) is 3.24. The van der Waals surface area contributed by atoms with Crippen molar-refractivity contribution in [3.05, 3.63) is 33.8 Å². The van der Waals surface area contributed by atoms with Crippen molar-refractivity contribution in [1.82, 2.24) is 5.32 Å². The highest BCUT2D eigenvalue weighted by Crippen LogP contribution is 2.22. The van der Waals surface area contributed by atoms with Gasteiger partial charge >= 0.3 is 0 Å². The lowest BCUT2D eigenvalue weighted by atomic mass is 10.2. The molecule has 0 aliphatic rings. The zero-order chi connectivity index (χ0) is 11.3. The lowest BCUT2D eigenvalue weighted by molar-refractivity contribution is -0.120. The van der Waals surface area contributed by atoms with Gasteiger partial charge in [0, 0.05) is 18.8 Å². The summed E-state index contributed by atoms with van der Waals surface area (Å²) in [7, 11) is 0. The van der Waals surface area contributed by atoms with Gasteiger partial charge < -0.3 is 5.32 Å². The molecule has 1 rings (SSSR count). The smallest absolute Gasteiger partial charge is 0.221 e. The zero-order valence-corrected chi connectivity index (χ0v) is 10.2. The monoisotopic (exact) mass is 265 g/mol. The highest BCUT2D eigenvalue weighted by Gasteiger charge is 2.02. The number of carbonyl (C=O) groups excluding carboxylic acids is 1. The Morgan fingerprint density at radius 1 is 1.27 bits per heavy atom. The summed E-state index contributed by atoms with van der Waals surface area (Å²) in [5, 5.41) is 3.72. The molecule has 1 aromatic carbocycles. The summed E-state index contributed by atoms with van der Waals surface area (Å²) in [6.07, 6.45) is 0.322. The molecule has 0 unspecified atom stereocenters. The lowest BCUT2D eigenvalue weighted by Gasteiger charge is -2.05. The van der Waals surface area contributed by atoms with Gasteiger partial charge in [-0.3, -0.25) is 4.79 Å². The van der Waals surface area contributed by atoms with Gasteiger partial charge in [0.2, 0.25) is 5.91 Å². The van der Waals surface area contributed by atoms with E-state index in [0.29, 0.717) is 28.9 Å². The minimum Gasteiger partial charge on any atom is -0.352 e. The van der Waals surface area contributed by atoms with Gasteiger partial charge in [-0.15, -0.1) is 11.6 Å². The van der Waals surface area contributed by atoms with E-state index in [9.17, 15) is 4.79 Å². The Balaban J connectivity index is 2.51. The topological polar surface area (TPSA) is 29.1 Å². The number of amides is 1. The van der Waals surface area contributed by atoms with E-state index in [-0.39, 0.29) is 5.91 Å². The Bertz CT molecular complexity index is 355. The summed E-state index contributed by atoms with van der Waals surface area (Å²) in [5.74, 6) is 0.254. The van der Waals surface area contributed by atoms with Crippen LogP contribution in [0, 0.1) is 0 Å². The van der Waals surface area contributed by atoms with Crippen LogP contribution in [0.25, 0.3) is 0 Å². The first-order chi connectivity index (χ1) is 7.13. The third-order valence-electron chi connectivity index (χ3n) is 1.80. The van der Waals surface area contributed by atoms with E-state index >= 15 is 0 Å². The van der Waals surface area contributed by atoms with Crippen LogP contribution in [0.15, 0.2) is 18.2 Å². The fourth-order valence-corrected chi connectivity index (χ4v) is 1.52. The van der Waals surface area contributed by atoms with E-state index in [2.05, 4.69) is 5.32 Å². The second-order valence-electron chi connectivity index (χ2n) is 2.96. The van der Waals surface area contributed by atoms with Crippen molar-refractivity contribution in [2.24, 2.45) is 0 Å². The Labute approximate surface area is 104 Å². The number of hydrogen-bond donors (Lipinski definition) is 1. The normalized spacial score (nSPS) is 10.1. The number of rotatable bonds is 4. The first-order valence-corrected chi connectivity index (χ1v) is 5.69. The summed E-state index contributed by atoms with van der Waals surface area (Å²) in [4.78, 5) is 11.1. The molecule has 0 radical (unpaired) electrons. The number of nitrogens with one attached hydrogen (secondary N) is 1. The summed E-state index contributed by atoms with van der Waals surface area (Å²) >= 11 is 17.0. The van der Waals surface area contributed by atoms with Crippen LogP contribution in [0.3, 0.4) is 0 Å². The summed E-state index contributed by atoms with van der Waals surface area (Å²) in [6, 6.07) is 5.24. The summed E-state index contributed by atoms with van der Waals surface area (Å²) in [6.45, 7) is 0.437. The van der Waals surface area contributed by atoms with Crippen molar-refractivity contribution in [1.29, 1.82) is 0 Å². The van der Waals surface area contributed by atoms with Gasteiger partial charge in [0.05, 0.1) is 10.0 Å². The molecule has 0 spiro atoms. The fourth-order valence-electron chi connectivity index (χ4n) is 1.02. The summed E-state index contributed by atoms with van der Waals surface area (Å²) in [5.41, 5.74) is 0.910. The molecular weight excluding hydrogens is 256 g/mol. The molecule has 1 aromatic rings. The average molecular weight is 267 g/mol. The van der Waals surface area contributed by atoms with E-state index in [1.807, 2.05) is 6.07 Å². The predicted molar refractivity (Wildman–Crippen MR) is 63.6 cm³/mol.